The molecule has 1 rings (SSSR count). The smallest absolute Gasteiger partial charge is 0.252 e. The maximum absolute atomic E-state index is 12.1. The summed E-state index contributed by atoms with van der Waals surface area (Å²) in [5.74, 6) is 0.00633. The van der Waals surface area contributed by atoms with Gasteiger partial charge < -0.3 is 10.2 Å². The number of benzene rings is 1. The predicted octanol–water partition coefficient (Wildman–Crippen LogP) is 2.61. The van der Waals surface area contributed by atoms with Crippen LogP contribution < -0.4 is 5.32 Å². The molecule has 3 nitrogen and oxygen atoms in total. The number of rotatable bonds is 5. The normalized spacial score (nSPS) is 11.7. The van der Waals surface area contributed by atoms with Crippen LogP contribution in [-0.2, 0) is 0 Å². The summed E-state index contributed by atoms with van der Waals surface area (Å²) < 4.78 is 0.984. The Morgan fingerprint density at radius 1 is 1.33 bits per heavy atom. The van der Waals surface area contributed by atoms with E-state index in [9.17, 15) is 4.79 Å². The molecular weight excluding hydrogens is 339 g/mol. The van der Waals surface area contributed by atoms with Crippen LogP contribution in [0.1, 0.15) is 24.2 Å². The van der Waals surface area contributed by atoms with Crippen LogP contribution in [0.4, 0.5) is 0 Å². The molecule has 0 aliphatic rings. The summed E-state index contributed by atoms with van der Waals surface area (Å²) >= 11 is 2.19. The molecular formula is C14H21IN2O. The number of carbonyl (C=O) groups excluding carboxylic acids is 1. The third kappa shape index (κ3) is 4.94. The molecule has 0 saturated heterocycles. The van der Waals surface area contributed by atoms with Gasteiger partial charge in [0.15, 0.2) is 0 Å². The summed E-state index contributed by atoms with van der Waals surface area (Å²) in [5.41, 5.74) is 0.818. The van der Waals surface area contributed by atoms with Gasteiger partial charge in [0.05, 0.1) is 5.56 Å². The maximum atomic E-state index is 12.1. The Morgan fingerprint density at radius 2 is 1.94 bits per heavy atom. The molecule has 18 heavy (non-hydrogen) atoms. The van der Waals surface area contributed by atoms with Crippen molar-refractivity contribution in [1.29, 1.82) is 0 Å². The van der Waals surface area contributed by atoms with E-state index in [1.165, 1.54) is 0 Å². The molecule has 0 fully saturated rings. The molecule has 1 amide bonds. The molecule has 0 saturated carbocycles. The van der Waals surface area contributed by atoms with Crippen LogP contribution in [0.2, 0.25) is 0 Å². The average molecular weight is 360 g/mol. The first-order chi connectivity index (χ1) is 8.32. The lowest BCUT2D eigenvalue weighted by Crippen LogP contribution is -2.40. The van der Waals surface area contributed by atoms with Crippen LogP contribution >= 0.6 is 22.6 Å². The molecule has 0 atom stereocenters. The van der Waals surface area contributed by atoms with Crippen LogP contribution in [0.25, 0.3) is 0 Å². The van der Waals surface area contributed by atoms with Crippen molar-refractivity contribution in [2.45, 2.75) is 13.8 Å². The molecule has 1 aromatic carbocycles. The first-order valence-corrected chi connectivity index (χ1v) is 7.07. The second kappa shape index (κ2) is 6.52. The molecule has 0 spiro atoms. The van der Waals surface area contributed by atoms with Gasteiger partial charge in [-0.3, -0.25) is 4.79 Å². The number of halogens is 1. The largest absolute Gasteiger partial charge is 0.351 e. The van der Waals surface area contributed by atoms with Crippen molar-refractivity contribution in [2.24, 2.45) is 5.41 Å². The van der Waals surface area contributed by atoms with Crippen molar-refractivity contribution >= 4 is 28.5 Å². The van der Waals surface area contributed by atoms with Gasteiger partial charge in [-0.15, -0.1) is 0 Å². The van der Waals surface area contributed by atoms with E-state index < -0.39 is 0 Å². The first kappa shape index (κ1) is 15.4. The monoisotopic (exact) mass is 360 g/mol. The van der Waals surface area contributed by atoms with Gasteiger partial charge in [-0.2, -0.15) is 0 Å². The quantitative estimate of drug-likeness (QED) is 0.819. The summed E-state index contributed by atoms with van der Waals surface area (Å²) in [7, 11) is 4.09. The van der Waals surface area contributed by atoms with Crippen LogP contribution in [0, 0.1) is 8.99 Å². The van der Waals surface area contributed by atoms with E-state index in [0.717, 1.165) is 15.7 Å². The lowest BCUT2D eigenvalue weighted by atomic mass is 9.93. The Bertz CT molecular complexity index is 416. The van der Waals surface area contributed by atoms with Crippen LogP contribution in [0.3, 0.4) is 0 Å². The standard InChI is InChI=1S/C14H21IN2O/c1-14(2,10-17(3)4)9-16-13(18)11-7-5-6-8-12(11)15/h5-8H,9-10H2,1-4H3,(H,16,18). The number of amides is 1. The lowest BCUT2D eigenvalue weighted by molar-refractivity contribution is 0.0928. The highest BCUT2D eigenvalue weighted by Gasteiger charge is 2.20. The minimum atomic E-state index is 0.00633. The van der Waals surface area contributed by atoms with E-state index in [1.807, 2.05) is 38.4 Å². The summed E-state index contributed by atoms with van der Waals surface area (Å²) in [6.45, 7) is 5.93. The number of hydrogen-bond acceptors (Lipinski definition) is 2. The molecule has 100 valence electrons. The molecule has 0 aliphatic carbocycles. The Kier molecular flexibility index (Phi) is 5.59. The third-order valence-corrected chi connectivity index (χ3v) is 3.53. The molecule has 4 heteroatoms. The number of hydrogen-bond donors (Lipinski definition) is 1. The van der Waals surface area contributed by atoms with Crippen molar-refractivity contribution in [3.05, 3.63) is 33.4 Å². The van der Waals surface area contributed by atoms with Gasteiger partial charge >= 0.3 is 0 Å². The van der Waals surface area contributed by atoms with E-state index in [-0.39, 0.29) is 11.3 Å². The van der Waals surface area contributed by atoms with E-state index in [0.29, 0.717) is 6.54 Å². The van der Waals surface area contributed by atoms with Crippen molar-refractivity contribution in [3.8, 4) is 0 Å². The summed E-state index contributed by atoms with van der Waals surface area (Å²) in [5, 5.41) is 3.02. The lowest BCUT2D eigenvalue weighted by Gasteiger charge is -2.28. The Balaban J connectivity index is 2.59. The molecule has 0 heterocycles. The van der Waals surface area contributed by atoms with E-state index >= 15 is 0 Å². The predicted molar refractivity (Wildman–Crippen MR) is 83.8 cm³/mol. The molecule has 0 bridgehead atoms. The van der Waals surface area contributed by atoms with Gasteiger partial charge in [0.2, 0.25) is 0 Å². The Hall–Kier alpha value is -0.620. The minimum Gasteiger partial charge on any atom is -0.351 e. The highest BCUT2D eigenvalue weighted by molar-refractivity contribution is 14.1. The van der Waals surface area contributed by atoms with Crippen molar-refractivity contribution in [3.63, 3.8) is 0 Å². The fourth-order valence-electron chi connectivity index (χ4n) is 1.97. The van der Waals surface area contributed by atoms with Crippen LogP contribution in [-0.4, -0.2) is 38.0 Å². The molecule has 0 aliphatic heterocycles. The zero-order chi connectivity index (χ0) is 13.8. The molecule has 1 N–H and O–H groups in total. The summed E-state index contributed by atoms with van der Waals surface area (Å²) in [6, 6.07) is 7.63. The van der Waals surface area contributed by atoms with Crippen LogP contribution in [0.15, 0.2) is 24.3 Å². The second-order valence-corrected chi connectivity index (χ2v) is 6.73. The van der Waals surface area contributed by atoms with Gasteiger partial charge in [-0.25, -0.2) is 0 Å². The van der Waals surface area contributed by atoms with Gasteiger partial charge in [-0.05, 0) is 54.2 Å². The van der Waals surface area contributed by atoms with Gasteiger partial charge in [0.25, 0.3) is 5.91 Å². The van der Waals surface area contributed by atoms with Crippen molar-refractivity contribution in [2.75, 3.05) is 27.2 Å². The highest BCUT2D eigenvalue weighted by atomic mass is 127. The van der Waals surface area contributed by atoms with Crippen molar-refractivity contribution in [1.82, 2.24) is 10.2 Å². The average Bonchev–Trinajstić information content (AvgIpc) is 2.25. The molecule has 1 aromatic rings. The fourth-order valence-corrected chi connectivity index (χ4v) is 2.60. The third-order valence-electron chi connectivity index (χ3n) is 2.59. The SMILES string of the molecule is CN(C)CC(C)(C)CNC(=O)c1ccccc1I. The summed E-state index contributed by atoms with van der Waals surface area (Å²) in [4.78, 5) is 14.2. The second-order valence-electron chi connectivity index (χ2n) is 5.56. The van der Waals surface area contributed by atoms with Gasteiger partial charge in [0.1, 0.15) is 0 Å². The Labute approximate surface area is 123 Å². The molecule has 0 aromatic heterocycles. The van der Waals surface area contributed by atoms with Gasteiger partial charge in [0, 0.05) is 16.7 Å². The minimum absolute atomic E-state index is 0.00633. The Morgan fingerprint density at radius 3 is 2.50 bits per heavy atom. The van der Waals surface area contributed by atoms with Crippen LogP contribution in [0.5, 0.6) is 0 Å². The number of nitrogens with one attached hydrogen (secondary N) is 1. The summed E-state index contributed by atoms with van der Waals surface area (Å²) in [6.07, 6.45) is 0. The molecule has 0 radical (unpaired) electrons. The van der Waals surface area contributed by atoms with E-state index in [4.69, 9.17) is 0 Å². The van der Waals surface area contributed by atoms with Gasteiger partial charge in [-0.1, -0.05) is 26.0 Å². The zero-order valence-corrected chi connectivity index (χ0v) is 13.6. The maximum Gasteiger partial charge on any atom is 0.252 e. The highest BCUT2D eigenvalue weighted by Crippen LogP contribution is 2.15. The number of nitrogens with zero attached hydrogens (tertiary/aromatic N) is 1. The van der Waals surface area contributed by atoms with E-state index in [2.05, 4.69) is 46.7 Å². The topological polar surface area (TPSA) is 32.3 Å². The van der Waals surface area contributed by atoms with E-state index in [1.54, 1.807) is 0 Å². The molecule has 0 unspecified atom stereocenters. The zero-order valence-electron chi connectivity index (χ0n) is 11.5. The van der Waals surface area contributed by atoms with Crippen molar-refractivity contribution < 1.29 is 4.79 Å². The first-order valence-electron chi connectivity index (χ1n) is 5.99. The fraction of sp³-hybridized carbons (Fsp3) is 0.500. The number of carbonyl (C=O) groups is 1.